The Kier molecular flexibility index (Phi) is 3.20. The summed E-state index contributed by atoms with van der Waals surface area (Å²) in [5.74, 6) is 0.119. The molecule has 0 aliphatic rings. The van der Waals surface area contributed by atoms with Crippen molar-refractivity contribution < 1.29 is 9.52 Å². The molecule has 0 unspecified atom stereocenters. The smallest absolute Gasteiger partial charge is 0.222 e. The van der Waals surface area contributed by atoms with Gasteiger partial charge in [0.2, 0.25) is 5.55 Å². The van der Waals surface area contributed by atoms with Crippen molar-refractivity contribution in [1.29, 1.82) is 5.41 Å². The summed E-state index contributed by atoms with van der Waals surface area (Å²) >= 11 is 1.48. The lowest BCUT2D eigenvalue weighted by Crippen LogP contribution is -2.02. The fourth-order valence-electron chi connectivity index (χ4n) is 2.41. The lowest BCUT2D eigenvalue weighted by Gasteiger charge is -2.01. The summed E-state index contributed by atoms with van der Waals surface area (Å²) in [5.41, 5.74) is 3.10. The summed E-state index contributed by atoms with van der Waals surface area (Å²) in [5, 5.41) is 21.1. The summed E-state index contributed by atoms with van der Waals surface area (Å²) in [6.07, 6.45) is 0. The van der Waals surface area contributed by atoms with E-state index in [1.807, 2.05) is 41.8 Å². The Hall–Kier alpha value is -2.92. The fraction of sp³-hybridized carbons (Fsp3) is 0. The summed E-state index contributed by atoms with van der Waals surface area (Å²) < 4.78 is 5.52. The Morgan fingerprint density at radius 3 is 2.70 bits per heavy atom. The molecule has 4 nitrogen and oxygen atoms in total. The van der Waals surface area contributed by atoms with Crippen LogP contribution in [0.25, 0.3) is 32.8 Å². The van der Waals surface area contributed by atoms with Gasteiger partial charge in [0.15, 0.2) is 0 Å². The Bertz CT molecular complexity index is 1050. The van der Waals surface area contributed by atoms with Crippen molar-refractivity contribution in [2.45, 2.75) is 0 Å². The molecule has 2 N–H and O–H groups in total. The van der Waals surface area contributed by atoms with Crippen molar-refractivity contribution in [3.63, 3.8) is 0 Å². The van der Waals surface area contributed by atoms with Gasteiger partial charge in [-0.25, -0.2) is 4.98 Å². The number of nitrogens with zero attached hydrogens (tertiary/aromatic N) is 1. The molecule has 2 aromatic heterocycles. The second kappa shape index (κ2) is 5.37. The first-order valence-corrected chi connectivity index (χ1v) is 7.91. The van der Waals surface area contributed by atoms with E-state index >= 15 is 0 Å². The highest BCUT2D eigenvalue weighted by molar-refractivity contribution is 7.13. The van der Waals surface area contributed by atoms with E-state index in [1.54, 1.807) is 12.1 Å². The van der Waals surface area contributed by atoms with Crippen LogP contribution in [0.3, 0.4) is 0 Å². The molecule has 0 bridgehead atoms. The van der Waals surface area contributed by atoms with Crippen LogP contribution in [-0.2, 0) is 0 Å². The van der Waals surface area contributed by atoms with Gasteiger partial charge >= 0.3 is 0 Å². The second-order valence-electron chi connectivity index (χ2n) is 5.12. The average molecular weight is 320 g/mol. The standard InChI is InChI=1S/C18H12N2O2S/c19-17-14(8-12-6-7-13(21)9-16(12)22-17)18-20-15(10-23-18)11-4-2-1-3-5-11/h1-10,19,21H. The minimum atomic E-state index is 0.0389. The lowest BCUT2D eigenvalue weighted by atomic mass is 10.1. The Morgan fingerprint density at radius 1 is 1.04 bits per heavy atom. The van der Waals surface area contributed by atoms with Gasteiger partial charge in [-0.05, 0) is 18.2 Å². The highest BCUT2D eigenvalue weighted by Crippen LogP contribution is 2.29. The van der Waals surface area contributed by atoms with Crippen LogP contribution in [-0.4, -0.2) is 10.1 Å². The van der Waals surface area contributed by atoms with Gasteiger partial charge in [-0.15, -0.1) is 11.3 Å². The van der Waals surface area contributed by atoms with Crippen molar-refractivity contribution in [1.82, 2.24) is 4.98 Å². The van der Waals surface area contributed by atoms with E-state index < -0.39 is 0 Å². The quantitative estimate of drug-likeness (QED) is 0.575. The number of thiazole rings is 1. The minimum absolute atomic E-state index is 0.0389. The maximum atomic E-state index is 9.51. The predicted octanol–water partition coefficient (Wildman–Crippen LogP) is 4.41. The number of benzene rings is 2. The van der Waals surface area contributed by atoms with Crippen LogP contribution in [0.5, 0.6) is 5.75 Å². The minimum Gasteiger partial charge on any atom is -0.508 e. The summed E-state index contributed by atoms with van der Waals surface area (Å²) in [7, 11) is 0. The van der Waals surface area contributed by atoms with Gasteiger partial charge in [0, 0.05) is 22.4 Å². The zero-order valence-corrected chi connectivity index (χ0v) is 12.8. The summed E-state index contributed by atoms with van der Waals surface area (Å²) in [6.45, 7) is 0. The van der Waals surface area contributed by atoms with E-state index in [-0.39, 0.29) is 11.3 Å². The third kappa shape index (κ3) is 2.51. The van der Waals surface area contributed by atoms with Gasteiger partial charge in [0.25, 0.3) is 0 Å². The van der Waals surface area contributed by atoms with E-state index in [9.17, 15) is 5.11 Å². The molecular weight excluding hydrogens is 308 g/mol. The highest BCUT2D eigenvalue weighted by Gasteiger charge is 2.11. The summed E-state index contributed by atoms with van der Waals surface area (Å²) in [6, 6.07) is 16.7. The lowest BCUT2D eigenvalue weighted by molar-refractivity contribution is 0.472. The van der Waals surface area contributed by atoms with Crippen LogP contribution >= 0.6 is 11.3 Å². The zero-order valence-electron chi connectivity index (χ0n) is 12.0. The highest BCUT2D eigenvalue weighted by atomic mass is 32.1. The number of hydrogen-bond acceptors (Lipinski definition) is 5. The van der Waals surface area contributed by atoms with E-state index in [1.165, 1.54) is 17.4 Å². The molecule has 0 saturated carbocycles. The molecule has 2 heterocycles. The number of nitrogens with one attached hydrogen (secondary N) is 1. The first-order valence-electron chi connectivity index (χ1n) is 7.03. The average Bonchev–Trinajstić information content (AvgIpc) is 3.05. The Balaban J connectivity index is 1.83. The molecule has 0 saturated heterocycles. The Morgan fingerprint density at radius 2 is 1.87 bits per heavy atom. The molecule has 0 aliphatic heterocycles. The second-order valence-corrected chi connectivity index (χ2v) is 5.97. The number of aromatic nitrogens is 1. The molecule has 0 amide bonds. The number of rotatable bonds is 2. The van der Waals surface area contributed by atoms with Crippen molar-refractivity contribution in [2.75, 3.05) is 0 Å². The number of fused-ring (bicyclic) bond motifs is 1. The van der Waals surface area contributed by atoms with E-state index in [4.69, 9.17) is 9.83 Å². The van der Waals surface area contributed by atoms with Crippen molar-refractivity contribution >= 4 is 22.3 Å². The molecular formula is C18H12N2O2S. The molecule has 0 atom stereocenters. The summed E-state index contributed by atoms with van der Waals surface area (Å²) in [4.78, 5) is 4.63. The van der Waals surface area contributed by atoms with E-state index in [2.05, 4.69) is 4.98 Å². The van der Waals surface area contributed by atoms with Crippen LogP contribution in [0.2, 0.25) is 0 Å². The monoisotopic (exact) mass is 320 g/mol. The largest absolute Gasteiger partial charge is 0.508 e. The first kappa shape index (κ1) is 13.7. The molecule has 0 fully saturated rings. The van der Waals surface area contributed by atoms with Gasteiger partial charge in [-0.1, -0.05) is 30.3 Å². The van der Waals surface area contributed by atoms with Crippen molar-refractivity contribution in [3.8, 4) is 27.6 Å². The fourth-order valence-corrected chi connectivity index (χ4v) is 3.26. The van der Waals surface area contributed by atoms with Crippen LogP contribution < -0.4 is 5.55 Å². The molecule has 112 valence electrons. The molecule has 0 spiro atoms. The van der Waals surface area contributed by atoms with E-state index in [0.29, 0.717) is 11.1 Å². The predicted molar refractivity (Wildman–Crippen MR) is 90.3 cm³/mol. The maximum Gasteiger partial charge on any atom is 0.222 e. The van der Waals surface area contributed by atoms with Crippen molar-refractivity contribution in [3.05, 3.63) is 65.5 Å². The molecule has 2 aromatic carbocycles. The van der Waals surface area contributed by atoms with E-state index in [0.717, 1.165) is 21.7 Å². The van der Waals surface area contributed by atoms with Gasteiger partial charge in [0.05, 0.1) is 11.3 Å². The van der Waals surface area contributed by atoms with Gasteiger partial charge < -0.3 is 9.52 Å². The SMILES string of the molecule is N=c1oc2cc(O)ccc2cc1-c1nc(-c2ccccc2)cs1. The van der Waals surface area contributed by atoms with Crippen LogP contribution in [0.15, 0.2) is 64.4 Å². The Labute approximate surface area is 135 Å². The van der Waals surface area contributed by atoms with Crippen LogP contribution in [0, 0.1) is 5.41 Å². The van der Waals surface area contributed by atoms with Gasteiger partial charge in [-0.3, -0.25) is 5.41 Å². The zero-order chi connectivity index (χ0) is 15.8. The van der Waals surface area contributed by atoms with Gasteiger partial charge in [-0.2, -0.15) is 0 Å². The number of aromatic hydroxyl groups is 1. The molecule has 5 heteroatoms. The molecule has 4 aromatic rings. The first-order chi connectivity index (χ1) is 11.2. The third-order valence-corrected chi connectivity index (χ3v) is 4.43. The maximum absolute atomic E-state index is 9.51. The third-order valence-electron chi connectivity index (χ3n) is 3.56. The molecule has 23 heavy (non-hydrogen) atoms. The topological polar surface area (TPSA) is 70.1 Å². The number of phenols is 1. The van der Waals surface area contributed by atoms with Crippen molar-refractivity contribution in [2.24, 2.45) is 0 Å². The molecule has 0 radical (unpaired) electrons. The molecule has 0 aliphatic carbocycles. The number of phenolic OH excluding ortho intramolecular Hbond substituents is 1. The normalized spacial score (nSPS) is 11.0. The van der Waals surface area contributed by atoms with Gasteiger partial charge in [0.1, 0.15) is 16.3 Å². The van der Waals surface area contributed by atoms with Crippen LogP contribution in [0.4, 0.5) is 0 Å². The van der Waals surface area contributed by atoms with Crippen LogP contribution in [0.1, 0.15) is 0 Å². The molecule has 4 rings (SSSR count). The number of hydrogen-bond donors (Lipinski definition) is 2.